The highest BCUT2D eigenvalue weighted by molar-refractivity contribution is 6.30. The van der Waals surface area contributed by atoms with Crippen LogP contribution in [0.15, 0.2) is 36.4 Å². The lowest BCUT2D eigenvalue weighted by molar-refractivity contribution is 0.626. The molecule has 0 N–H and O–H groups in total. The Morgan fingerprint density at radius 2 is 2.00 bits per heavy atom. The van der Waals surface area contributed by atoms with Gasteiger partial charge in [0.05, 0.1) is 0 Å². The first kappa shape index (κ1) is 10.3. The van der Waals surface area contributed by atoms with Crippen LogP contribution in [0.25, 0.3) is 0 Å². The number of rotatable bonds is 2. The van der Waals surface area contributed by atoms with Gasteiger partial charge in [0.2, 0.25) is 0 Å². The van der Waals surface area contributed by atoms with Crippen molar-refractivity contribution in [2.75, 3.05) is 0 Å². The summed E-state index contributed by atoms with van der Waals surface area (Å²) < 4.78 is 0. The van der Waals surface area contributed by atoms with Crippen LogP contribution in [0.4, 0.5) is 0 Å². The van der Waals surface area contributed by atoms with Gasteiger partial charge in [0.25, 0.3) is 0 Å². The highest BCUT2D eigenvalue weighted by Gasteiger charge is 2.20. The second-order valence-electron chi connectivity index (χ2n) is 3.92. The summed E-state index contributed by atoms with van der Waals surface area (Å²) in [5.74, 6) is 0. The highest BCUT2D eigenvalue weighted by atomic mass is 35.5. The second-order valence-corrected chi connectivity index (χ2v) is 4.35. The molecule has 1 rings (SSSR count). The molecule has 0 aliphatic carbocycles. The third-order valence-corrected chi connectivity index (χ3v) is 2.85. The maximum Gasteiger partial charge on any atom is 0.0409 e. The molecule has 70 valence electrons. The first-order valence-corrected chi connectivity index (χ1v) is 4.74. The molecule has 0 aliphatic heterocycles. The average Bonchev–Trinajstić information content (AvgIpc) is 2.04. The third-order valence-electron chi connectivity index (χ3n) is 2.61. The molecule has 0 aliphatic rings. The molecule has 0 saturated heterocycles. The molecule has 0 aromatic heterocycles. The van der Waals surface area contributed by atoms with Crippen LogP contribution in [0.2, 0.25) is 5.02 Å². The van der Waals surface area contributed by atoms with Crippen molar-refractivity contribution in [3.63, 3.8) is 0 Å². The molecular weight excluding hydrogens is 180 g/mol. The first-order chi connectivity index (χ1) is 5.94. The zero-order valence-electron chi connectivity index (χ0n) is 8.39. The van der Waals surface area contributed by atoms with E-state index in [9.17, 15) is 0 Å². The van der Waals surface area contributed by atoms with E-state index in [4.69, 9.17) is 11.6 Å². The van der Waals surface area contributed by atoms with Gasteiger partial charge in [-0.3, -0.25) is 0 Å². The van der Waals surface area contributed by atoms with Crippen LogP contribution in [0, 0.1) is 0 Å². The minimum atomic E-state index is 0.00486. The van der Waals surface area contributed by atoms with Gasteiger partial charge < -0.3 is 0 Å². The zero-order valence-corrected chi connectivity index (χ0v) is 9.15. The maximum absolute atomic E-state index is 5.93. The van der Waals surface area contributed by atoms with Gasteiger partial charge in [-0.05, 0) is 24.6 Å². The Kier molecular flexibility index (Phi) is 2.82. The van der Waals surface area contributed by atoms with Crippen LogP contribution < -0.4 is 0 Å². The van der Waals surface area contributed by atoms with E-state index in [0.29, 0.717) is 0 Å². The maximum atomic E-state index is 5.93. The van der Waals surface area contributed by atoms with Crippen LogP contribution in [0.5, 0.6) is 0 Å². The summed E-state index contributed by atoms with van der Waals surface area (Å²) in [4.78, 5) is 0. The van der Waals surface area contributed by atoms with Crippen LogP contribution in [0.1, 0.15) is 26.3 Å². The molecule has 0 saturated carbocycles. The van der Waals surface area contributed by atoms with Crippen LogP contribution in [0.3, 0.4) is 0 Å². The summed E-state index contributed by atoms with van der Waals surface area (Å²) in [5, 5.41) is 0.784. The number of hydrogen-bond donors (Lipinski definition) is 0. The van der Waals surface area contributed by atoms with Gasteiger partial charge >= 0.3 is 0 Å². The Balaban J connectivity index is 3.14. The quantitative estimate of drug-likeness (QED) is 0.620. The molecule has 1 aromatic carbocycles. The van der Waals surface area contributed by atoms with Crippen LogP contribution in [-0.2, 0) is 5.41 Å². The summed E-state index contributed by atoms with van der Waals surface area (Å²) in [6.45, 7) is 10.3. The van der Waals surface area contributed by atoms with E-state index < -0.39 is 0 Å². The predicted molar refractivity (Wildman–Crippen MR) is 59.3 cm³/mol. The average molecular weight is 195 g/mol. The van der Waals surface area contributed by atoms with Crippen molar-refractivity contribution in [3.05, 3.63) is 47.0 Å². The van der Waals surface area contributed by atoms with E-state index >= 15 is 0 Å². The van der Waals surface area contributed by atoms with Gasteiger partial charge in [-0.2, -0.15) is 0 Å². The van der Waals surface area contributed by atoms with E-state index in [1.807, 2.05) is 25.1 Å². The van der Waals surface area contributed by atoms with E-state index in [2.05, 4.69) is 26.5 Å². The Hall–Kier alpha value is -0.750. The summed E-state index contributed by atoms with van der Waals surface area (Å²) in [5.41, 5.74) is 2.37. The molecule has 13 heavy (non-hydrogen) atoms. The van der Waals surface area contributed by atoms with Crippen molar-refractivity contribution in [2.45, 2.75) is 26.2 Å². The Morgan fingerprint density at radius 1 is 1.38 bits per heavy atom. The SMILES string of the molecule is C=C(C)C(C)(C)c1cccc(Cl)c1. The molecule has 0 fully saturated rings. The topological polar surface area (TPSA) is 0 Å². The minimum absolute atomic E-state index is 0.00486. The van der Waals surface area contributed by atoms with Crippen molar-refractivity contribution in [3.8, 4) is 0 Å². The van der Waals surface area contributed by atoms with Crippen LogP contribution in [-0.4, -0.2) is 0 Å². The number of halogens is 1. The van der Waals surface area contributed by atoms with Gasteiger partial charge in [-0.25, -0.2) is 0 Å². The first-order valence-electron chi connectivity index (χ1n) is 4.36. The monoisotopic (exact) mass is 194 g/mol. The fourth-order valence-electron chi connectivity index (χ4n) is 1.12. The predicted octanol–water partition coefficient (Wildman–Crippen LogP) is 4.19. The third kappa shape index (κ3) is 2.13. The molecule has 0 amide bonds. The molecule has 0 radical (unpaired) electrons. The molecule has 0 spiro atoms. The van der Waals surface area contributed by atoms with Gasteiger partial charge in [0.15, 0.2) is 0 Å². The molecule has 0 heterocycles. The number of benzene rings is 1. The van der Waals surface area contributed by atoms with Crippen molar-refractivity contribution in [2.24, 2.45) is 0 Å². The summed E-state index contributed by atoms with van der Waals surface area (Å²) in [6.07, 6.45) is 0. The van der Waals surface area contributed by atoms with E-state index in [1.165, 1.54) is 5.56 Å². The highest BCUT2D eigenvalue weighted by Crippen LogP contribution is 2.31. The molecule has 0 atom stereocenters. The molecule has 1 aromatic rings. The molecule has 0 unspecified atom stereocenters. The number of allylic oxidation sites excluding steroid dienone is 1. The molecular formula is C12H15Cl. The summed E-state index contributed by atoms with van der Waals surface area (Å²) in [7, 11) is 0. The van der Waals surface area contributed by atoms with Gasteiger partial charge in [0, 0.05) is 10.4 Å². The summed E-state index contributed by atoms with van der Waals surface area (Å²) >= 11 is 5.93. The summed E-state index contributed by atoms with van der Waals surface area (Å²) in [6, 6.07) is 7.94. The fourth-order valence-corrected chi connectivity index (χ4v) is 1.31. The van der Waals surface area contributed by atoms with Crippen molar-refractivity contribution < 1.29 is 0 Å². The second kappa shape index (κ2) is 3.55. The Bertz CT molecular complexity index is 324. The molecule has 0 nitrogen and oxygen atoms in total. The normalized spacial score (nSPS) is 11.4. The van der Waals surface area contributed by atoms with Crippen molar-refractivity contribution in [1.82, 2.24) is 0 Å². The fraction of sp³-hybridized carbons (Fsp3) is 0.333. The smallest absolute Gasteiger partial charge is 0.0409 e. The van der Waals surface area contributed by atoms with Gasteiger partial charge in [-0.15, -0.1) is 0 Å². The van der Waals surface area contributed by atoms with Crippen molar-refractivity contribution >= 4 is 11.6 Å². The lowest BCUT2D eigenvalue weighted by atomic mass is 9.79. The molecule has 1 heteroatoms. The van der Waals surface area contributed by atoms with Crippen LogP contribution >= 0.6 is 11.6 Å². The van der Waals surface area contributed by atoms with Gasteiger partial charge in [0.1, 0.15) is 0 Å². The Labute approximate surface area is 85.2 Å². The largest absolute Gasteiger partial charge is 0.0993 e. The van der Waals surface area contributed by atoms with E-state index in [-0.39, 0.29) is 5.41 Å². The molecule has 0 bridgehead atoms. The number of hydrogen-bond acceptors (Lipinski definition) is 0. The van der Waals surface area contributed by atoms with E-state index in [0.717, 1.165) is 10.6 Å². The van der Waals surface area contributed by atoms with E-state index in [1.54, 1.807) is 0 Å². The Morgan fingerprint density at radius 3 is 2.46 bits per heavy atom. The van der Waals surface area contributed by atoms with Gasteiger partial charge in [-0.1, -0.05) is 49.7 Å². The lowest BCUT2D eigenvalue weighted by Gasteiger charge is -2.25. The zero-order chi connectivity index (χ0) is 10.1. The van der Waals surface area contributed by atoms with Crippen molar-refractivity contribution in [1.29, 1.82) is 0 Å². The lowest BCUT2D eigenvalue weighted by Crippen LogP contribution is -2.17. The standard InChI is InChI=1S/C12H15Cl/c1-9(2)12(3,4)10-6-5-7-11(13)8-10/h5-8H,1H2,2-4H3. The minimum Gasteiger partial charge on any atom is -0.0993 e.